The van der Waals surface area contributed by atoms with Crippen LogP contribution in [-0.4, -0.2) is 34.7 Å². The van der Waals surface area contributed by atoms with Crippen molar-refractivity contribution >= 4 is 0 Å². The van der Waals surface area contributed by atoms with Gasteiger partial charge in [-0.25, -0.2) is 0 Å². The average molecular weight is 253 g/mol. The van der Waals surface area contributed by atoms with Crippen LogP contribution < -0.4 is 0 Å². The molecule has 0 amide bonds. The fraction of sp³-hybridized carbons (Fsp3) is 1.00. The second-order valence-electron chi connectivity index (χ2n) is 6.75. The van der Waals surface area contributed by atoms with E-state index in [9.17, 15) is 5.11 Å². The van der Waals surface area contributed by atoms with E-state index < -0.39 is 0 Å². The molecule has 0 radical (unpaired) electrons. The van der Waals surface area contributed by atoms with Gasteiger partial charge < -0.3 is 5.11 Å². The van der Waals surface area contributed by atoms with E-state index in [1.54, 1.807) is 0 Å². The molecular weight excluding hydrogens is 222 g/mol. The van der Waals surface area contributed by atoms with Gasteiger partial charge in [0, 0.05) is 12.1 Å². The number of hydrogen-bond donors (Lipinski definition) is 1. The lowest BCUT2D eigenvalue weighted by atomic mass is 9.85. The number of nitrogens with zero attached hydrogens (tertiary/aromatic N) is 1. The molecule has 0 aromatic heterocycles. The summed E-state index contributed by atoms with van der Waals surface area (Å²) in [5, 5.41) is 9.74. The van der Waals surface area contributed by atoms with Gasteiger partial charge in [0.25, 0.3) is 0 Å². The van der Waals surface area contributed by atoms with Gasteiger partial charge in [-0.05, 0) is 51.5 Å². The summed E-state index contributed by atoms with van der Waals surface area (Å²) < 4.78 is 0. The normalized spacial score (nSPS) is 37.2. The molecule has 2 rings (SSSR count). The number of hydrogen-bond acceptors (Lipinski definition) is 2. The van der Waals surface area contributed by atoms with Crippen LogP contribution in [0.5, 0.6) is 0 Å². The predicted octanol–water partition coefficient (Wildman–Crippen LogP) is 3.58. The standard InChI is InChI=1S/C16H31NO/c1-13-7-6-9-15(11-13)17-10-5-3-4-8-16(17)12-14(2)18/h13-16,18H,3-12H2,1-2H3. The third-order valence-corrected chi connectivity index (χ3v) is 4.91. The van der Waals surface area contributed by atoms with Crippen LogP contribution in [0.4, 0.5) is 0 Å². The van der Waals surface area contributed by atoms with Gasteiger partial charge >= 0.3 is 0 Å². The van der Waals surface area contributed by atoms with Gasteiger partial charge in [-0.1, -0.05) is 32.6 Å². The Balaban J connectivity index is 1.99. The van der Waals surface area contributed by atoms with Crippen LogP contribution in [-0.2, 0) is 0 Å². The molecule has 1 aliphatic carbocycles. The maximum atomic E-state index is 9.74. The average Bonchev–Trinajstić information content (AvgIpc) is 2.54. The third-order valence-electron chi connectivity index (χ3n) is 4.91. The predicted molar refractivity (Wildman–Crippen MR) is 76.7 cm³/mol. The molecule has 1 aliphatic heterocycles. The van der Waals surface area contributed by atoms with Crippen molar-refractivity contribution in [2.24, 2.45) is 5.92 Å². The molecule has 0 bridgehead atoms. The molecule has 0 aromatic rings. The summed E-state index contributed by atoms with van der Waals surface area (Å²) in [6.07, 6.45) is 11.8. The van der Waals surface area contributed by atoms with E-state index in [1.165, 1.54) is 57.9 Å². The first-order valence-corrected chi connectivity index (χ1v) is 8.10. The zero-order valence-electron chi connectivity index (χ0n) is 12.3. The second kappa shape index (κ2) is 6.91. The SMILES string of the molecule is CC(O)CC1CCCCCN1C1CCCC(C)C1. The molecule has 2 nitrogen and oxygen atoms in total. The van der Waals surface area contributed by atoms with E-state index in [2.05, 4.69) is 11.8 Å². The molecule has 4 atom stereocenters. The maximum absolute atomic E-state index is 9.74. The van der Waals surface area contributed by atoms with E-state index in [0.717, 1.165) is 18.4 Å². The Morgan fingerprint density at radius 1 is 1.11 bits per heavy atom. The minimum atomic E-state index is -0.142. The lowest BCUT2D eigenvalue weighted by molar-refractivity contribution is 0.0582. The molecule has 106 valence electrons. The van der Waals surface area contributed by atoms with Crippen LogP contribution in [0.15, 0.2) is 0 Å². The fourth-order valence-corrected chi connectivity index (χ4v) is 4.03. The van der Waals surface area contributed by atoms with Gasteiger partial charge in [-0.15, -0.1) is 0 Å². The van der Waals surface area contributed by atoms with Crippen molar-refractivity contribution in [1.82, 2.24) is 4.90 Å². The Bertz CT molecular complexity index is 241. The number of aliphatic hydroxyl groups is 1. The quantitative estimate of drug-likeness (QED) is 0.831. The molecule has 1 saturated heterocycles. The van der Waals surface area contributed by atoms with Crippen molar-refractivity contribution in [1.29, 1.82) is 0 Å². The number of aliphatic hydroxyl groups excluding tert-OH is 1. The first-order chi connectivity index (χ1) is 8.66. The van der Waals surface area contributed by atoms with Crippen LogP contribution >= 0.6 is 0 Å². The van der Waals surface area contributed by atoms with Crippen molar-refractivity contribution in [2.45, 2.75) is 89.8 Å². The van der Waals surface area contributed by atoms with Crippen LogP contribution in [0.2, 0.25) is 0 Å². The smallest absolute Gasteiger partial charge is 0.0527 e. The van der Waals surface area contributed by atoms with Crippen molar-refractivity contribution in [3.8, 4) is 0 Å². The molecular formula is C16H31NO. The molecule has 1 saturated carbocycles. The van der Waals surface area contributed by atoms with E-state index in [0.29, 0.717) is 6.04 Å². The zero-order valence-corrected chi connectivity index (χ0v) is 12.3. The Labute approximate surface area is 113 Å². The number of rotatable bonds is 3. The lowest BCUT2D eigenvalue weighted by Gasteiger charge is -2.41. The minimum absolute atomic E-state index is 0.142. The van der Waals surface area contributed by atoms with Gasteiger partial charge in [0.05, 0.1) is 6.10 Å². The van der Waals surface area contributed by atoms with E-state index in [-0.39, 0.29) is 6.10 Å². The molecule has 18 heavy (non-hydrogen) atoms. The van der Waals surface area contributed by atoms with E-state index >= 15 is 0 Å². The maximum Gasteiger partial charge on any atom is 0.0527 e. The zero-order chi connectivity index (χ0) is 13.0. The van der Waals surface area contributed by atoms with Crippen molar-refractivity contribution in [3.05, 3.63) is 0 Å². The molecule has 2 heteroatoms. The highest BCUT2D eigenvalue weighted by Gasteiger charge is 2.30. The van der Waals surface area contributed by atoms with Gasteiger partial charge in [0.1, 0.15) is 0 Å². The summed E-state index contributed by atoms with van der Waals surface area (Å²) in [4.78, 5) is 2.77. The van der Waals surface area contributed by atoms with Crippen molar-refractivity contribution in [2.75, 3.05) is 6.54 Å². The first kappa shape index (κ1) is 14.3. The van der Waals surface area contributed by atoms with Crippen LogP contribution in [0, 0.1) is 5.92 Å². The highest BCUT2D eigenvalue weighted by Crippen LogP contribution is 2.32. The van der Waals surface area contributed by atoms with E-state index in [1.807, 2.05) is 6.92 Å². The summed E-state index contributed by atoms with van der Waals surface area (Å²) in [6, 6.07) is 1.44. The molecule has 1 N–H and O–H groups in total. The molecule has 4 unspecified atom stereocenters. The van der Waals surface area contributed by atoms with Gasteiger partial charge in [-0.3, -0.25) is 4.90 Å². The molecule has 0 aromatic carbocycles. The van der Waals surface area contributed by atoms with Gasteiger partial charge in [0.15, 0.2) is 0 Å². The Hall–Kier alpha value is -0.0800. The first-order valence-electron chi connectivity index (χ1n) is 8.10. The molecule has 2 fully saturated rings. The second-order valence-corrected chi connectivity index (χ2v) is 6.75. The van der Waals surface area contributed by atoms with E-state index in [4.69, 9.17) is 0 Å². The summed E-state index contributed by atoms with van der Waals surface area (Å²) >= 11 is 0. The minimum Gasteiger partial charge on any atom is -0.393 e. The van der Waals surface area contributed by atoms with Crippen LogP contribution in [0.3, 0.4) is 0 Å². The molecule has 2 aliphatic rings. The Kier molecular flexibility index (Phi) is 5.50. The number of likely N-dealkylation sites (tertiary alicyclic amines) is 1. The van der Waals surface area contributed by atoms with Crippen LogP contribution in [0.1, 0.15) is 71.6 Å². The Morgan fingerprint density at radius 2 is 1.94 bits per heavy atom. The largest absolute Gasteiger partial charge is 0.393 e. The molecule has 0 spiro atoms. The fourth-order valence-electron chi connectivity index (χ4n) is 4.03. The van der Waals surface area contributed by atoms with Crippen molar-refractivity contribution in [3.63, 3.8) is 0 Å². The summed E-state index contributed by atoms with van der Waals surface area (Å²) in [7, 11) is 0. The van der Waals surface area contributed by atoms with Crippen molar-refractivity contribution < 1.29 is 5.11 Å². The van der Waals surface area contributed by atoms with Crippen LogP contribution in [0.25, 0.3) is 0 Å². The van der Waals surface area contributed by atoms with Gasteiger partial charge in [-0.2, -0.15) is 0 Å². The highest BCUT2D eigenvalue weighted by molar-refractivity contribution is 4.86. The topological polar surface area (TPSA) is 23.5 Å². The highest BCUT2D eigenvalue weighted by atomic mass is 16.3. The lowest BCUT2D eigenvalue weighted by Crippen LogP contribution is -2.46. The summed E-state index contributed by atoms with van der Waals surface area (Å²) in [5.74, 6) is 0.902. The third kappa shape index (κ3) is 3.96. The molecule has 1 heterocycles. The summed E-state index contributed by atoms with van der Waals surface area (Å²) in [6.45, 7) is 5.63. The van der Waals surface area contributed by atoms with Gasteiger partial charge in [0.2, 0.25) is 0 Å². The Morgan fingerprint density at radius 3 is 2.67 bits per heavy atom. The monoisotopic (exact) mass is 253 g/mol. The summed E-state index contributed by atoms with van der Waals surface area (Å²) in [5.41, 5.74) is 0.